The van der Waals surface area contributed by atoms with Crippen LogP contribution in [0.3, 0.4) is 0 Å². The number of rotatable bonds is 7. The smallest absolute Gasteiger partial charge is 0.143 e. The maximum atomic E-state index is 6.77. The van der Waals surface area contributed by atoms with Crippen LogP contribution in [0.1, 0.15) is 22.3 Å². The molecule has 2 heteroatoms. The predicted molar refractivity (Wildman–Crippen MR) is 237 cm³/mol. The van der Waals surface area contributed by atoms with E-state index in [2.05, 4.69) is 229 Å². The number of nitrogens with zero attached hydrogens (tertiary/aromatic N) is 1. The minimum Gasteiger partial charge on any atom is -0.455 e. The van der Waals surface area contributed by atoms with Crippen LogP contribution in [-0.2, 0) is 5.41 Å². The highest BCUT2D eigenvalue weighted by molar-refractivity contribution is 6.16. The van der Waals surface area contributed by atoms with Crippen molar-refractivity contribution in [3.63, 3.8) is 0 Å². The van der Waals surface area contributed by atoms with Crippen LogP contribution in [0.5, 0.6) is 0 Å². The van der Waals surface area contributed by atoms with Crippen LogP contribution in [0.25, 0.3) is 55.3 Å². The zero-order valence-corrected chi connectivity index (χ0v) is 31.2. The Bertz CT molecular complexity index is 2990. The van der Waals surface area contributed by atoms with Crippen LogP contribution in [0, 0.1) is 0 Å². The minimum absolute atomic E-state index is 0.469. The van der Waals surface area contributed by atoms with Gasteiger partial charge in [-0.1, -0.05) is 188 Å². The second-order valence-electron chi connectivity index (χ2n) is 14.8. The zero-order chi connectivity index (χ0) is 37.8. The molecule has 0 spiro atoms. The molecule has 2 nitrogen and oxygen atoms in total. The van der Waals surface area contributed by atoms with E-state index >= 15 is 0 Å². The fourth-order valence-corrected chi connectivity index (χ4v) is 9.29. The van der Waals surface area contributed by atoms with Gasteiger partial charge < -0.3 is 9.32 Å². The Morgan fingerprint density at radius 2 is 0.842 bits per heavy atom. The Morgan fingerprint density at radius 3 is 1.49 bits per heavy atom. The molecule has 9 aromatic carbocycles. The molecule has 0 fully saturated rings. The Labute approximate surface area is 332 Å². The number of hydrogen-bond acceptors (Lipinski definition) is 2. The van der Waals surface area contributed by atoms with Gasteiger partial charge in [-0.3, -0.25) is 0 Å². The molecule has 11 rings (SSSR count). The third-order valence-corrected chi connectivity index (χ3v) is 11.8. The second kappa shape index (κ2) is 13.4. The molecule has 10 aromatic rings. The van der Waals surface area contributed by atoms with E-state index in [9.17, 15) is 0 Å². The van der Waals surface area contributed by atoms with Crippen molar-refractivity contribution in [2.24, 2.45) is 0 Å². The van der Waals surface area contributed by atoms with Crippen molar-refractivity contribution in [3.8, 4) is 33.4 Å². The number of anilines is 3. The highest BCUT2D eigenvalue weighted by Gasteiger charge is 2.45. The van der Waals surface area contributed by atoms with E-state index < -0.39 is 5.41 Å². The number of para-hydroxylation sites is 1. The van der Waals surface area contributed by atoms with Gasteiger partial charge in [0.2, 0.25) is 0 Å². The monoisotopic (exact) mass is 727 g/mol. The highest BCUT2D eigenvalue weighted by Crippen LogP contribution is 2.56. The number of hydrogen-bond donors (Lipinski definition) is 0. The van der Waals surface area contributed by atoms with Gasteiger partial charge in [-0.25, -0.2) is 0 Å². The van der Waals surface area contributed by atoms with E-state index in [1.54, 1.807) is 0 Å². The summed E-state index contributed by atoms with van der Waals surface area (Å²) in [6, 6.07) is 81.0. The van der Waals surface area contributed by atoms with E-state index in [0.29, 0.717) is 0 Å². The predicted octanol–water partition coefficient (Wildman–Crippen LogP) is 14.8. The lowest BCUT2D eigenvalue weighted by molar-refractivity contribution is 0.670. The molecule has 1 aliphatic rings. The van der Waals surface area contributed by atoms with Crippen LogP contribution >= 0.6 is 0 Å². The number of furan rings is 1. The lowest BCUT2D eigenvalue weighted by Gasteiger charge is -2.34. The van der Waals surface area contributed by atoms with Gasteiger partial charge in [0, 0.05) is 22.3 Å². The summed E-state index contributed by atoms with van der Waals surface area (Å²) in [4.78, 5) is 2.39. The second-order valence-corrected chi connectivity index (χ2v) is 14.8. The van der Waals surface area contributed by atoms with Gasteiger partial charge in [0.15, 0.2) is 0 Å². The topological polar surface area (TPSA) is 16.4 Å². The van der Waals surface area contributed by atoms with E-state index in [0.717, 1.165) is 50.1 Å². The van der Waals surface area contributed by atoms with Gasteiger partial charge in [-0.2, -0.15) is 0 Å². The fraction of sp³-hybridized carbons (Fsp3) is 0.0182. The standard InChI is InChI=1S/C55H37NO/c1-4-16-38(17-5-1)39-30-34-43(35-31-39)56(51-28-15-29-52-53(51)48-25-14-24-45(54(48)57-52)40-18-6-2-7-19-40)44-36-32-42(33-37-44)55(41-20-8-3-9-21-41)49-26-12-10-22-46(49)47-23-11-13-27-50(47)55/h1-37H. The minimum atomic E-state index is -0.469. The van der Waals surface area contributed by atoms with Crippen molar-refractivity contribution in [1.29, 1.82) is 0 Å². The Morgan fingerprint density at radius 1 is 0.351 bits per heavy atom. The fourth-order valence-electron chi connectivity index (χ4n) is 9.29. The van der Waals surface area contributed by atoms with Gasteiger partial charge in [-0.15, -0.1) is 0 Å². The van der Waals surface area contributed by atoms with Crippen molar-refractivity contribution in [1.82, 2.24) is 0 Å². The van der Waals surface area contributed by atoms with Crippen molar-refractivity contribution in [2.45, 2.75) is 5.41 Å². The van der Waals surface area contributed by atoms with Gasteiger partial charge >= 0.3 is 0 Å². The third-order valence-electron chi connectivity index (χ3n) is 11.8. The summed E-state index contributed by atoms with van der Waals surface area (Å²) in [5.74, 6) is 0. The molecule has 57 heavy (non-hydrogen) atoms. The molecule has 1 aliphatic carbocycles. The molecule has 0 amide bonds. The summed E-state index contributed by atoms with van der Waals surface area (Å²) in [7, 11) is 0. The Kier molecular flexibility index (Phi) is 7.75. The summed E-state index contributed by atoms with van der Waals surface area (Å²) in [6.07, 6.45) is 0. The highest BCUT2D eigenvalue weighted by atomic mass is 16.3. The summed E-state index contributed by atoms with van der Waals surface area (Å²) in [5.41, 5.74) is 16.7. The molecular formula is C55H37NO. The zero-order valence-electron chi connectivity index (χ0n) is 31.2. The maximum absolute atomic E-state index is 6.77. The van der Waals surface area contributed by atoms with Crippen LogP contribution in [0.4, 0.5) is 17.1 Å². The molecule has 0 saturated heterocycles. The molecule has 0 aliphatic heterocycles. The molecule has 1 aromatic heterocycles. The normalized spacial score (nSPS) is 12.7. The van der Waals surface area contributed by atoms with E-state index in [4.69, 9.17) is 4.42 Å². The van der Waals surface area contributed by atoms with Crippen molar-refractivity contribution < 1.29 is 4.42 Å². The van der Waals surface area contributed by atoms with Crippen LogP contribution in [-0.4, -0.2) is 0 Å². The van der Waals surface area contributed by atoms with E-state index in [1.807, 2.05) is 0 Å². The van der Waals surface area contributed by atoms with Gasteiger partial charge in [0.05, 0.1) is 16.5 Å². The SMILES string of the molecule is c1ccc(-c2ccc(N(c3ccc(C4(c5ccccc5)c5ccccc5-c5ccccc54)cc3)c3cccc4oc5c(-c6ccccc6)cccc5c34)cc2)cc1. The molecule has 268 valence electrons. The van der Waals surface area contributed by atoms with Crippen molar-refractivity contribution >= 4 is 39.0 Å². The maximum Gasteiger partial charge on any atom is 0.143 e. The third kappa shape index (κ3) is 5.18. The Hall–Kier alpha value is -7.42. The first kappa shape index (κ1) is 33.0. The largest absolute Gasteiger partial charge is 0.455 e. The first-order valence-electron chi connectivity index (χ1n) is 19.6. The molecule has 1 heterocycles. The quantitative estimate of drug-likeness (QED) is 0.163. The molecule has 0 unspecified atom stereocenters. The number of fused-ring (bicyclic) bond motifs is 6. The van der Waals surface area contributed by atoms with Crippen LogP contribution < -0.4 is 4.90 Å². The Balaban J connectivity index is 1.12. The first-order valence-corrected chi connectivity index (χ1v) is 19.6. The van der Waals surface area contributed by atoms with Gasteiger partial charge in [-0.05, 0) is 86.5 Å². The summed E-state index contributed by atoms with van der Waals surface area (Å²) < 4.78 is 6.77. The molecule has 0 saturated carbocycles. The van der Waals surface area contributed by atoms with Gasteiger partial charge in [0.1, 0.15) is 11.2 Å². The van der Waals surface area contributed by atoms with E-state index in [1.165, 1.54) is 44.5 Å². The molecule has 0 radical (unpaired) electrons. The first-order chi connectivity index (χ1) is 28.3. The number of benzene rings is 9. The van der Waals surface area contributed by atoms with Gasteiger partial charge in [0.25, 0.3) is 0 Å². The summed E-state index contributed by atoms with van der Waals surface area (Å²) in [5, 5.41) is 2.17. The van der Waals surface area contributed by atoms with Crippen LogP contribution in [0.2, 0.25) is 0 Å². The molecule has 0 atom stereocenters. The lowest BCUT2D eigenvalue weighted by Crippen LogP contribution is -2.28. The molecule has 0 bridgehead atoms. The van der Waals surface area contributed by atoms with Crippen molar-refractivity contribution in [2.75, 3.05) is 4.90 Å². The molecular weight excluding hydrogens is 691 g/mol. The summed E-state index contributed by atoms with van der Waals surface area (Å²) in [6.45, 7) is 0. The average molecular weight is 728 g/mol. The van der Waals surface area contributed by atoms with E-state index in [-0.39, 0.29) is 0 Å². The van der Waals surface area contributed by atoms with Crippen LogP contribution in [0.15, 0.2) is 229 Å². The average Bonchev–Trinajstić information content (AvgIpc) is 3.83. The summed E-state index contributed by atoms with van der Waals surface area (Å²) >= 11 is 0. The lowest BCUT2D eigenvalue weighted by atomic mass is 9.68. The molecule has 0 N–H and O–H groups in total. The van der Waals surface area contributed by atoms with Crippen molar-refractivity contribution in [3.05, 3.63) is 247 Å².